The number of carboxylic acid groups (broad SMARTS) is 1. The van der Waals surface area contributed by atoms with Gasteiger partial charge < -0.3 is 9.84 Å². The number of carbonyl (C=O) groups is 1. The van der Waals surface area contributed by atoms with E-state index in [1.54, 1.807) is 22.6 Å². The van der Waals surface area contributed by atoms with Crippen LogP contribution in [0.2, 0.25) is 0 Å². The van der Waals surface area contributed by atoms with Crippen LogP contribution >= 0.6 is 0 Å². The standard InChI is InChI=1S/C10H10N2O3/c1-2-15-9-5-3-4-8-11-7(10(13)14)6-12(8)9/h3-6H,2H2,1H3,(H,13,14). The number of imidazole rings is 1. The molecule has 0 radical (unpaired) electrons. The number of aromatic carboxylic acids is 1. The molecule has 0 saturated carbocycles. The van der Waals surface area contributed by atoms with Crippen molar-refractivity contribution in [2.45, 2.75) is 6.92 Å². The summed E-state index contributed by atoms with van der Waals surface area (Å²) in [7, 11) is 0. The van der Waals surface area contributed by atoms with Crippen LogP contribution in [-0.2, 0) is 0 Å². The molecule has 0 unspecified atom stereocenters. The first-order valence-electron chi connectivity index (χ1n) is 4.56. The molecule has 5 nitrogen and oxygen atoms in total. The van der Waals surface area contributed by atoms with E-state index in [9.17, 15) is 4.79 Å². The van der Waals surface area contributed by atoms with Crippen LogP contribution < -0.4 is 4.74 Å². The van der Waals surface area contributed by atoms with Gasteiger partial charge in [0, 0.05) is 6.20 Å². The average molecular weight is 206 g/mol. The third-order valence-electron chi connectivity index (χ3n) is 1.97. The SMILES string of the molecule is CCOc1cccc2nc(C(=O)O)cn12. The normalized spacial score (nSPS) is 10.5. The predicted octanol–water partition coefficient (Wildman–Crippen LogP) is 1.43. The molecule has 78 valence electrons. The van der Waals surface area contributed by atoms with Gasteiger partial charge in [-0.15, -0.1) is 0 Å². The summed E-state index contributed by atoms with van der Waals surface area (Å²) in [6, 6.07) is 5.28. The molecular formula is C10H10N2O3. The van der Waals surface area contributed by atoms with Crippen LogP contribution in [0.3, 0.4) is 0 Å². The van der Waals surface area contributed by atoms with Gasteiger partial charge in [0.15, 0.2) is 11.6 Å². The smallest absolute Gasteiger partial charge is 0.356 e. The maximum Gasteiger partial charge on any atom is 0.356 e. The Morgan fingerprint density at radius 1 is 1.60 bits per heavy atom. The largest absolute Gasteiger partial charge is 0.479 e. The molecule has 0 saturated heterocycles. The van der Waals surface area contributed by atoms with Crippen LogP contribution in [0, 0.1) is 0 Å². The molecule has 0 aliphatic carbocycles. The number of pyridine rings is 1. The van der Waals surface area contributed by atoms with Gasteiger partial charge in [0.1, 0.15) is 5.65 Å². The number of ether oxygens (including phenoxy) is 1. The van der Waals surface area contributed by atoms with Crippen molar-refractivity contribution < 1.29 is 14.6 Å². The Bertz CT molecular complexity index is 504. The fourth-order valence-electron chi connectivity index (χ4n) is 1.35. The fourth-order valence-corrected chi connectivity index (χ4v) is 1.35. The molecule has 0 amide bonds. The molecule has 0 fully saturated rings. The summed E-state index contributed by atoms with van der Waals surface area (Å²) in [5, 5.41) is 8.79. The van der Waals surface area contributed by atoms with Crippen molar-refractivity contribution in [3.8, 4) is 5.88 Å². The van der Waals surface area contributed by atoms with E-state index in [0.717, 1.165) is 0 Å². The lowest BCUT2D eigenvalue weighted by molar-refractivity contribution is 0.0691. The van der Waals surface area contributed by atoms with Crippen LogP contribution in [0.1, 0.15) is 17.4 Å². The summed E-state index contributed by atoms with van der Waals surface area (Å²) in [5.74, 6) is -0.448. The molecule has 0 aromatic carbocycles. The van der Waals surface area contributed by atoms with Crippen molar-refractivity contribution in [3.05, 3.63) is 30.1 Å². The van der Waals surface area contributed by atoms with Crippen molar-refractivity contribution in [1.29, 1.82) is 0 Å². The van der Waals surface area contributed by atoms with Gasteiger partial charge in [-0.05, 0) is 19.1 Å². The van der Waals surface area contributed by atoms with E-state index in [4.69, 9.17) is 9.84 Å². The highest BCUT2D eigenvalue weighted by molar-refractivity contribution is 5.86. The quantitative estimate of drug-likeness (QED) is 0.825. The molecule has 2 heterocycles. The Hall–Kier alpha value is -2.04. The Morgan fingerprint density at radius 2 is 2.40 bits per heavy atom. The van der Waals surface area contributed by atoms with Crippen molar-refractivity contribution in [2.24, 2.45) is 0 Å². The monoisotopic (exact) mass is 206 g/mol. The summed E-state index contributed by atoms with van der Waals surface area (Å²) < 4.78 is 6.96. The minimum atomic E-state index is -1.04. The van der Waals surface area contributed by atoms with Gasteiger partial charge in [-0.3, -0.25) is 4.40 Å². The molecule has 0 atom stereocenters. The van der Waals surface area contributed by atoms with E-state index in [-0.39, 0.29) is 5.69 Å². The van der Waals surface area contributed by atoms with Crippen molar-refractivity contribution in [2.75, 3.05) is 6.61 Å². The average Bonchev–Trinajstić information content (AvgIpc) is 2.63. The molecule has 2 rings (SSSR count). The van der Waals surface area contributed by atoms with Gasteiger partial charge in [-0.1, -0.05) is 6.07 Å². The van der Waals surface area contributed by atoms with Crippen molar-refractivity contribution in [1.82, 2.24) is 9.38 Å². The molecule has 0 bridgehead atoms. The molecule has 15 heavy (non-hydrogen) atoms. The highest BCUT2D eigenvalue weighted by atomic mass is 16.5. The second-order valence-corrected chi connectivity index (χ2v) is 2.96. The molecule has 0 aliphatic rings. The highest BCUT2D eigenvalue weighted by Gasteiger charge is 2.10. The van der Waals surface area contributed by atoms with E-state index in [2.05, 4.69) is 4.98 Å². The minimum Gasteiger partial charge on any atom is -0.479 e. The number of rotatable bonds is 3. The zero-order chi connectivity index (χ0) is 10.8. The maximum absolute atomic E-state index is 10.7. The Balaban J connectivity index is 2.59. The zero-order valence-electron chi connectivity index (χ0n) is 8.17. The fraction of sp³-hybridized carbons (Fsp3) is 0.200. The molecule has 0 spiro atoms. The topological polar surface area (TPSA) is 63.8 Å². The van der Waals surface area contributed by atoms with E-state index in [0.29, 0.717) is 18.1 Å². The van der Waals surface area contributed by atoms with E-state index < -0.39 is 5.97 Å². The lowest BCUT2D eigenvalue weighted by Crippen LogP contribution is -1.97. The van der Waals surface area contributed by atoms with Gasteiger partial charge >= 0.3 is 5.97 Å². The van der Waals surface area contributed by atoms with Gasteiger partial charge in [0.2, 0.25) is 0 Å². The third kappa shape index (κ3) is 1.63. The summed E-state index contributed by atoms with van der Waals surface area (Å²) in [4.78, 5) is 14.7. The summed E-state index contributed by atoms with van der Waals surface area (Å²) >= 11 is 0. The van der Waals surface area contributed by atoms with Crippen LogP contribution in [-0.4, -0.2) is 27.1 Å². The minimum absolute atomic E-state index is 0.0159. The van der Waals surface area contributed by atoms with E-state index in [1.165, 1.54) is 6.20 Å². The van der Waals surface area contributed by atoms with E-state index >= 15 is 0 Å². The van der Waals surface area contributed by atoms with Crippen LogP contribution in [0.5, 0.6) is 5.88 Å². The number of fused-ring (bicyclic) bond motifs is 1. The Labute approximate surface area is 85.9 Å². The first-order chi connectivity index (χ1) is 7.22. The van der Waals surface area contributed by atoms with Crippen molar-refractivity contribution in [3.63, 3.8) is 0 Å². The predicted molar refractivity (Wildman–Crippen MR) is 53.3 cm³/mol. The summed E-state index contributed by atoms with van der Waals surface area (Å²) in [6.07, 6.45) is 1.45. The number of aromatic nitrogens is 2. The first-order valence-corrected chi connectivity index (χ1v) is 4.56. The number of hydrogen-bond donors (Lipinski definition) is 1. The Morgan fingerprint density at radius 3 is 3.07 bits per heavy atom. The summed E-state index contributed by atoms with van der Waals surface area (Å²) in [6.45, 7) is 2.40. The molecular weight excluding hydrogens is 196 g/mol. The molecule has 5 heteroatoms. The lowest BCUT2D eigenvalue weighted by atomic mass is 10.4. The first kappa shape index (κ1) is 9.51. The number of nitrogens with zero attached hydrogens (tertiary/aromatic N) is 2. The van der Waals surface area contributed by atoms with Crippen LogP contribution in [0.25, 0.3) is 5.65 Å². The van der Waals surface area contributed by atoms with Crippen molar-refractivity contribution >= 4 is 11.6 Å². The van der Waals surface area contributed by atoms with E-state index in [1.807, 2.05) is 6.92 Å². The highest BCUT2D eigenvalue weighted by Crippen LogP contribution is 2.15. The van der Waals surface area contributed by atoms with Crippen LogP contribution in [0.15, 0.2) is 24.4 Å². The van der Waals surface area contributed by atoms with Crippen LogP contribution in [0.4, 0.5) is 0 Å². The van der Waals surface area contributed by atoms with Gasteiger partial charge in [0.05, 0.1) is 6.61 Å². The molecule has 2 aromatic heterocycles. The molecule has 2 aromatic rings. The lowest BCUT2D eigenvalue weighted by Gasteiger charge is -2.04. The third-order valence-corrected chi connectivity index (χ3v) is 1.97. The van der Waals surface area contributed by atoms with Gasteiger partial charge in [-0.2, -0.15) is 0 Å². The molecule has 0 aliphatic heterocycles. The van der Waals surface area contributed by atoms with Gasteiger partial charge in [-0.25, -0.2) is 9.78 Å². The molecule has 1 N–H and O–H groups in total. The number of hydrogen-bond acceptors (Lipinski definition) is 3. The van der Waals surface area contributed by atoms with Gasteiger partial charge in [0.25, 0.3) is 0 Å². The maximum atomic E-state index is 10.7. The Kier molecular flexibility index (Phi) is 2.29. The second kappa shape index (κ2) is 3.61. The second-order valence-electron chi connectivity index (χ2n) is 2.96. The zero-order valence-corrected chi connectivity index (χ0v) is 8.17. The summed E-state index contributed by atoms with van der Waals surface area (Å²) in [5.41, 5.74) is 0.584. The number of carboxylic acids is 1.